The van der Waals surface area contributed by atoms with E-state index in [-0.39, 0.29) is 17.1 Å². The van der Waals surface area contributed by atoms with E-state index in [4.69, 9.17) is 10.5 Å². The van der Waals surface area contributed by atoms with E-state index in [0.717, 1.165) is 12.1 Å². The van der Waals surface area contributed by atoms with Crippen molar-refractivity contribution >= 4 is 35.2 Å². The van der Waals surface area contributed by atoms with Crippen molar-refractivity contribution in [3.63, 3.8) is 0 Å². The van der Waals surface area contributed by atoms with E-state index in [1.165, 1.54) is 48.7 Å². The molecule has 3 aromatic rings. The lowest BCUT2D eigenvalue weighted by Crippen LogP contribution is -2.22. The highest BCUT2D eigenvalue weighted by atomic mass is 19.4. The molecule has 10 nitrogen and oxygen atoms in total. The summed E-state index contributed by atoms with van der Waals surface area (Å²) in [7, 11) is 3.27. The van der Waals surface area contributed by atoms with Gasteiger partial charge in [-0.3, -0.25) is 0 Å². The van der Waals surface area contributed by atoms with E-state index in [9.17, 15) is 27.6 Å². The maximum absolute atomic E-state index is 13.1. The highest BCUT2D eigenvalue weighted by Gasteiger charge is 2.31. The van der Waals surface area contributed by atoms with E-state index in [1.807, 2.05) is 0 Å². The Bertz CT molecular complexity index is 1280. The van der Waals surface area contributed by atoms with Gasteiger partial charge in [0.1, 0.15) is 11.5 Å². The van der Waals surface area contributed by atoms with Crippen LogP contribution in [0.5, 0.6) is 11.5 Å². The fourth-order valence-corrected chi connectivity index (χ4v) is 2.96. The van der Waals surface area contributed by atoms with Gasteiger partial charge in [0, 0.05) is 32.0 Å². The van der Waals surface area contributed by atoms with Crippen LogP contribution in [-0.4, -0.2) is 37.2 Å². The van der Waals surface area contributed by atoms with E-state index in [0.29, 0.717) is 17.1 Å². The second kappa shape index (κ2) is 10.6. The zero-order valence-corrected chi connectivity index (χ0v) is 18.9. The predicted molar refractivity (Wildman–Crippen MR) is 124 cm³/mol. The van der Waals surface area contributed by atoms with Gasteiger partial charge in [-0.1, -0.05) is 0 Å². The van der Waals surface area contributed by atoms with Gasteiger partial charge in [-0.05, 0) is 48.5 Å². The van der Waals surface area contributed by atoms with Gasteiger partial charge in [-0.15, -0.1) is 0 Å². The Morgan fingerprint density at radius 1 is 0.944 bits per heavy atom. The zero-order valence-electron chi connectivity index (χ0n) is 18.9. The SMILES string of the molecule is CN(C)c1ccc(C(F)(F)F)cc1NC(=O)Nc1ccc(Oc2ccnc(C(=O)OC(N)=O)c2)cc1. The Morgan fingerprint density at radius 2 is 1.64 bits per heavy atom. The first kappa shape index (κ1) is 25.8. The van der Waals surface area contributed by atoms with Crippen molar-refractivity contribution in [3.05, 3.63) is 72.1 Å². The first-order chi connectivity index (χ1) is 16.9. The standard InChI is InChI=1S/C23H20F3N5O5/c1-31(2)19-8-3-13(23(24,25)26)11-17(19)30-22(34)29-14-4-6-15(7-5-14)35-16-9-10-28-18(12-16)20(32)36-21(27)33/h3-12H,1-2H3,(H2,27,33)(H2,29,30,34). The molecule has 188 valence electrons. The summed E-state index contributed by atoms with van der Waals surface area (Å²) in [6.45, 7) is 0. The van der Waals surface area contributed by atoms with Crippen LogP contribution in [0.25, 0.3) is 0 Å². The van der Waals surface area contributed by atoms with Crippen molar-refractivity contribution in [2.75, 3.05) is 29.6 Å². The maximum atomic E-state index is 13.1. The molecule has 0 saturated heterocycles. The molecule has 4 N–H and O–H groups in total. The molecule has 0 bridgehead atoms. The molecule has 1 aromatic heterocycles. The molecule has 36 heavy (non-hydrogen) atoms. The summed E-state index contributed by atoms with van der Waals surface area (Å²) >= 11 is 0. The largest absolute Gasteiger partial charge is 0.457 e. The molecule has 0 aliphatic carbocycles. The zero-order chi connectivity index (χ0) is 26.5. The number of hydrogen-bond acceptors (Lipinski definition) is 7. The van der Waals surface area contributed by atoms with Crippen molar-refractivity contribution < 1.29 is 37.0 Å². The minimum absolute atomic E-state index is 0.0179. The Labute approximate surface area is 202 Å². The summed E-state index contributed by atoms with van der Waals surface area (Å²) in [6, 6.07) is 11.0. The molecule has 0 radical (unpaired) electrons. The molecule has 13 heteroatoms. The number of amides is 3. The number of hydrogen-bond donors (Lipinski definition) is 3. The second-order valence-corrected chi connectivity index (χ2v) is 7.42. The second-order valence-electron chi connectivity index (χ2n) is 7.42. The Hall–Kier alpha value is -4.81. The van der Waals surface area contributed by atoms with Crippen LogP contribution in [0.15, 0.2) is 60.8 Å². The van der Waals surface area contributed by atoms with Gasteiger partial charge < -0.3 is 30.7 Å². The van der Waals surface area contributed by atoms with Crippen molar-refractivity contribution in [1.82, 2.24) is 4.98 Å². The number of nitrogens with two attached hydrogens (primary N) is 1. The summed E-state index contributed by atoms with van der Waals surface area (Å²) in [6.07, 6.45) is -4.57. The number of primary amides is 1. The third kappa shape index (κ3) is 6.85. The molecule has 0 fully saturated rings. The van der Waals surface area contributed by atoms with Crippen molar-refractivity contribution in [3.8, 4) is 11.5 Å². The Morgan fingerprint density at radius 3 is 2.25 bits per heavy atom. The molecule has 2 aromatic carbocycles. The monoisotopic (exact) mass is 503 g/mol. The molecule has 3 amide bonds. The number of anilines is 3. The number of rotatable bonds is 6. The fraction of sp³-hybridized carbons (Fsp3) is 0.130. The van der Waals surface area contributed by atoms with Gasteiger partial charge >= 0.3 is 24.3 Å². The lowest BCUT2D eigenvalue weighted by atomic mass is 10.1. The summed E-state index contributed by atoms with van der Waals surface area (Å²) in [4.78, 5) is 40.2. The van der Waals surface area contributed by atoms with Crippen LogP contribution >= 0.6 is 0 Å². The van der Waals surface area contributed by atoms with Crippen LogP contribution in [0.3, 0.4) is 0 Å². The van der Waals surface area contributed by atoms with Crippen LogP contribution in [0.2, 0.25) is 0 Å². The van der Waals surface area contributed by atoms with E-state index >= 15 is 0 Å². The number of ether oxygens (including phenoxy) is 2. The van der Waals surface area contributed by atoms with Crippen LogP contribution in [0.4, 0.5) is 39.8 Å². The number of halogens is 3. The number of aromatic nitrogens is 1. The Kier molecular flexibility index (Phi) is 7.62. The minimum Gasteiger partial charge on any atom is -0.457 e. The van der Waals surface area contributed by atoms with E-state index in [2.05, 4.69) is 20.4 Å². The number of benzene rings is 2. The van der Waals surface area contributed by atoms with Gasteiger partial charge in [-0.25, -0.2) is 19.4 Å². The lowest BCUT2D eigenvalue weighted by Gasteiger charge is -2.20. The summed E-state index contributed by atoms with van der Waals surface area (Å²) < 4.78 is 49.1. The quantitative estimate of drug-likeness (QED) is 0.324. The summed E-state index contributed by atoms with van der Waals surface area (Å²) in [5.74, 6) is -0.508. The van der Waals surface area contributed by atoms with Crippen LogP contribution in [-0.2, 0) is 10.9 Å². The van der Waals surface area contributed by atoms with E-state index in [1.54, 1.807) is 19.0 Å². The van der Waals surface area contributed by atoms with Crippen molar-refractivity contribution in [2.24, 2.45) is 5.73 Å². The van der Waals surface area contributed by atoms with Gasteiger partial charge in [0.2, 0.25) is 0 Å². The van der Waals surface area contributed by atoms with Crippen LogP contribution < -0.4 is 26.0 Å². The number of nitrogens with one attached hydrogen (secondary N) is 2. The molecule has 3 rings (SSSR count). The average molecular weight is 503 g/mol. The number of carbonyl (C=O) groups excluding carboxylic acids is 3. The number of nitrogens with zero attached hydrogens (tertiary/aromatic N) is 2. The molecule has 0 aliphatic rings. The summed E-state index contributed by atoms with van der Waals surface area (Å²) in [5, 5.41) is 4.96. The number of pyridine rings is 1. The van der Waals surface area contributed by atoms with Crippen molar-refractivity contribution in [1.29, 1.82) is 0 Å². The first-order valence-electron chi connectivity index (χ1n) is 10.1. The normalized spacial score (nSPS) is 10.8. The molecule has 0 atom stereocenters. The van der Waals surface area contributed by atoms with Crippen LogP contribution in [0, 0.1) is 0 Å². The molecule has 0 unspecified atom stereocenters. The van der Waals surface area contributed by atoms with Gasteiger partial charge in [0.25, 0.3) is 0 Å². The first-order valence-corrected chi connectivity index (χ1v) is 10.1. The number of carbonyl (C=O) groups is 3. The number of esters is 1. The fourth-order valence-electron chi connectivity index (χ4n) is 2.96. The third-order valence-corrected chi connectivity index (χ3v) is 4.54. The molecule has 1 heterocycles. The predicted octanol–water partition coefficient (Wildman–Crippen LogP) is 4.84. The van der Waals surface area contributed by atoms with Gasteiger partial charge in [0.15, 0.2) is 5.69 Å². The number of urea groups is 1. The average Bonchev–Trinajstić information content (AvgIpc) is 2.79. The van der Waals surface area contributed by atoms with Crippen molar-refractivity contribution in [2.45, 2.75) is 6.18 Å². The summed E-state index contributed by atoms with van der Waals surface area (Å²) in [5.41, 5.74) is 4.41. The highest BCUT2D eigenvalue weighted by Crippen LogP contribution is 2.35. The third-order valence-electron chi connectivity index (χ3n) is 4.54. The van der Waals surface area contributed by atoms with Gasteiger partial charge in [-0.2, -0.15) is 13.2 Å². The molecular formula is C23H20F3N5O5. The topological polar surface area (TPSA) is 136 Å². The minimum atomic E-state index is -4.56. The number of alkyl halides is 3. The Balaban J connectivity index is 1.67. The smallest absolute Gasteiger partial charge is 0.416 e. The van der Waals surface area contributed by atoms with Crippen LogP contribution in [0.1, 0.15) is 16.1 Å². The lowest BCUT2D eigenvalue weighted by molar-refractivity contribution is -0.137. The van der Waals surface area contributed by atoms with Gasteiger partial charge in [0.05, 0.1) is 16.9 Å². The molecule has 0 spiro atoms. The molecule has 0 saturated carbocycles. The maximum Gasteiger partial charge on any atom is 0.416 e. The molecular weight excluding hydrogens is 483 g/mol. The molecule has 0 aliphatic heterocycles. The highest BCUT2D eigenvalue weighted by molar-refractivity contribution is 6.02. The van der Waals surface area contributed by atoms with E-state index < -0.39 is 29.8 Å².